The van der Waals surface area contributed by atoms with Crippen molar-refractivity contribution in [3.63, 3.8) is 0 Å². The van der Waals surface area contributed by atoms with E-state index < -0.39 is 15.9 Å². The average molecular weight is 413 g/mol. The van der Waals surface area contributed by atoms with Crippen molar-refractivity contribution < 1.29 is 13.2 Å². The van der Waals surface area contributed by atoms with Gasteiger partial charge in [0.15, 0.2) is 0 Å². The number of aryl methyl sites for hydroxylation is 1. The van der Waals surface area contributed by atoms with Crippen molar-refractivity contribution in [1.29, 1.82) is 0 Å². The number of nitrogens with one attached hydrogen (secondary N) is 1. The molecule has 0 bridgehead atoms. The monoisotopic (exact) mass is 412 g/mol. The van der Waals surface area contributed by atoms with E-state index in [0.717, 1.165) is 12.8 Å². The van der Waals surface area contributed by atoms with Crippen molar-refractivity contribution in [1.82, 2.24) is 4.31 Å². The number of hydrogen-bond acceptors (Lipinski definition) is 3. The number of sulfonamides is 1. The Morgan fingerprint density at radius 2 is 1.73 bits per heavy atom. The Balaban J connectivity index is 1.89. The van der Waals surface area contributed by atoms with Gasteiger partial charge in [0.25, 0.3) is 5.91 Å². The number of amides is 1. The minimum atomic E-state index is -3.60. The molecule has 1 aliphatic rings. The quantitative estimate of drug-likeness (QED) is 0.811. The molecule has 138 valence electrons. The summed E-state index contributed by atoms with van der Waals surface area (Å²) in [6.07, 6.45) is 1.71. The van der Waals surface area contributed by atoms with Gasteiger partial charge in [-0.2, -0.15) is 4.31 Å². The van der Waals surface area contributed by atoms with Crippen molar-refractivity contribution in [2.75, 3.05) is 18.4 Å². The second kappa shape index (κ2) is 7.56. The number of carbonyl (C=O) groups excluding carboxylic acids is 1. The van der Waals surface area contributed by atoms with E-state index in [0.29, 0.717) is 34.4 Å². The van der Waals surface area contributed by atoms with Crippen LogP contribution in [0.5, 0.6) is 0 Å². The summed E-state index contributed by atoms with van der Waals surface area (Å²) in [6.45, 7) is 2.76. The summed E-state index contributed by atoms with van der Waals surface area (Å²) < 4.78 is 27.1. The molecule has 0 atom stereocenters. The molecule has 1 saturated heterocycles. The van der Waals surface area contributed by atoms with E-state index in [1.54, 1.807) is 31.2 Å². The van der Waals surface area contributed by atoms with Crippen molar-refractivity contribution in [2.45, 2.75) is 24.7 Å². The third-order valence-corrected chi connectivity index (χ3v) is 7.09. The first-order valence-corrected chi connectivity index (χ1v) is 10.4. The van der Waals surface area contributed by atoms with Crippen LogP contribution in [0.25, 0.3) is 0 Å². The Morgan fingerprint density at radius 3 is 2.38 bits per heavy atom. The van der Waals surface area contributed by atoms with Crippen LogP contribution in [0.4, 0.5) is 5.69 Å². The second-order valence-corrected chi connectivity index (χ2v) is 8.90. The highest BCUT2D eigenvalue weighted by molar-refractivity contribution is 7.89. The summed E-state index contributed by atoms with van der Waals surface area (Å²) in [5.74, 6) is -0.415. The highest BCUT2D eigenvalue weighted by atomic mass is 35.5. The van der Waals surface area contributed by atoms with Crippen LogP contribution in [0, 0.1) is 6.92 Å². The molecule has 8 heteroatoms. The Morgan fingerprint density at radius 1 is 1.04 bits per heavy atom. The molecule has 0 radical (unpaired) electrons. The summed E-state index contributed by atoms with van der Waals surface area (Å²) in [6, 6.07) is 9.42. The van der Waals surface area contributed by atoms with E-state index in [1.165, 1.54) is 16.4 Å². The predicted octanol–water partition coefficient (Wildman–Crippen LogP) is 4.34. The summed E-state index contributed by atoms with van der Waals surface area (Å²) in [7, 11) is -3.60. The second-order valence-electron chi connectivity index (χ2n) is 6.17. The van der Waals surface area contributed by atoms with Gasteiger partial charge < -0.3 is 5.32 Å². The molecule has 3 rings (SSSR count). The van der Waals surface area contributed by atoms with Crippen LogP contribution in [0.1, 0.15) is 28.8 Å². The van der Waals surface area contributed by atoms with Crippen molar-refractivity contribution >= 4 is 44.8 Å². The van der Waals surface area contributed by atoms with Crippen molar-refractivity contribution in [3.8, 4) is 0 Å². The van der Waals surface area contributed by atoms with Crippen LogP contribution in [-0.4, -0.2) is 31.7 Å². The first-order chi connectivity index (χ1) is 12.3. The van der Waals surface area contributed by atoms with Gasteiger partial charge in [-0.3, -0.25) is 4.79 Å². The number of nitrogens with zero attached hydrogens (tertiary/aromatic N) is 1. The van der Waals surface area contributed by atoms with Gasteiger partial charge in [0, 0.05) is 24.3 Å². The average Bonchev–Trinajstić information content (AvgIpc) is 3.14. The molecule has 1 fully saturated rings. The fourth-order valence-electron chi connectivity index (χ4n) is 2.86. The zero-order chi connectivity index (χ0) is 18.9. The Hall–Kier alpha value is -1.60. The maximum absolute atomic E-state index is 12.8. The van der Waals surface area contributed by atoms with E-state index in [2.05, 4.69) is 5.32 Å². The highest BCUT2D eigenvalue weighted by Crippen LogP contribution is 2.27. The smallest absolute Gasteiger partial charge is 0.255 e. The summed E-state index contributed by atoms with van der Waals surface area (Å²) in [5.41, 5.74) is 1.36. The third kappa shape index (κ3) is 3.88. The lowest BCUT2D eigenvalue weighted by atomic mass is 10.1. The van der Waals surface area contributed by atoms with E-state index in [-0.39, 0.29) is 10.5 Å². The zero-order valence-electron chi connectivity index (χ0n) is 14.1. The lowest BCUT2D eigenvalue weighted by Crippen LogP contribution is -2.28. The Kier molecular flexibility index (Phi) is 5.58. The summed E-state index contributed by atoms with van der Waals surface area (Å²) in [4.78, 5) is 12.7. The molecular weight excluding hydrogens is 395 g/mol. The lowest BCUT2D eigenvalue weighted by Gasteiger charge is -2.18. The Bertz CT molecular complexity index is 955. The summed E-state index contributed by atoms with van der Waals surface area (Å²) >= 11 is 11.8. The third-order valence-electron chi connectivity index (χ3n) is 4.31. The number of anilines is 1. The first kappa shape index (κ1) is 19.2. The molecule has 1 heterocycles. The van der Waals surface area contributed by atoms with Gasteiger partial charge in [-0.15, -0.1) is 0 Å². The van der Waals surface area contributed by atoms with E-state index in [1.807, 2.05) is 0 Å². The molecule has 2 aromatic rings. The van der Waals surface area contributed by atoms with Gasteiger partial charge in [0.05, 0.1) is 14.9 Å². The van der Waals surface area contributed by atoms with Gasteiger partial charge in [-0.1, -0.05) is 29.3 Å². The maximum Gasteiger partial charge on any atom is 0.255 e. The molecule has 5 nitrogen and oxygen atoms in total. The zero-order valence-corrected chi connectivity index (χ0v) is 16.5. The van der Waals surface area contributed by atoms with Gasteiger partial charge in [-0.05, 0) is 55.7 Å². The standard InChI is InChI=1S/C18H18Cl2N2O3S/c1-12-4-5-13(10-17(12)26(24,25)22-8-2-3-9-22)18(23)21-14-6-7-15(19)16(20)11-14/h4-7,10-11H,2-3,8-9H2,1H3,(H,21,23). The highest BCUT2D eigenvalue weighted by Gasteiger charge is 2.29. The fraction of sp³-hybridized carbons (Fsp3) is 0.278. The molecule has 0 saturated carbocycles. The van der Waals surface area contributed by atoms with Gasteiger partial charge >= 0.3 is 0 Å². The SMILES string of the molecule is Cc1ccc(C(=O)Nc2ccc(Cl)c(Cl)c2)cc1S(=O)(=O)N1CCCC1. The van der Waals surface area contributed by atoms with Crippen molar-refractivity contribution in [3.05, 3.63) is 57.6 Å². The van der Waals surface area contributed by atoms with Crippen LogP contribution >= 0.6 is 23.2 Å². The minimum absolute atomic E-state index is 0.168. The van der Waals surface area contributed by atoms with E-state index in [4.69, 9.17) is 23.2 Å². The molecule has 0 spiro atoms. The molecule has 0 unspecified atom stereocenters. The normalized spacial score (nSPS) is 15.2. The number of carbonyl (C=O) groups is 1. The predicted molar refractivity (Wildman–Crippen MR) is 104 cm³/mol. The number of rotatable bonds is 4. The van der Waals surface area contributed by atoms with Gasteiger partial charge in [0.2, 0.25) is 10.0 Å². The van der Waals surface area contributed by atoms with Crippen LogP contribution in [-0.2, 0) is 10.0 Å². The van der Waals surface area contributed by atoms with Crippen molar-refractivity contribution in [2.24, 2.45) is 0 Å². The molecule has 2 aromatic carbocycles. The van der Waals surface area contributed by atoms with Crippen LogP contribution in [0.15, 0.2) is 41.3 Å². The molecule has 0 aromatic heterocycles. The number of halogens is 2. The molecule has 0 aliphatic carbocycles. The van der Waals surface area contributed by atoms with Crippen LogP contribution in [0.3, 0.4) is 0 Å². The van der Waals surface area contributed by atoms with Crippen LogP contribution in [0.2, 0.25) is 10.0 Å². The number of benzene rings is 2. The van der Waals surface area contributed by atoms with Crippen LogP contribution < -0.4 is 5.32 Å². The minimum Gasteiger partial charge on any atom is -0.322 e. The van der Waals surface area contributed by atoms with E-state index in [9.17, 15) is 13.2 Å². The molecule has 1 amide bonds. The number of hydrogen-bond donors (Lipinski definition) is 1. The first-order valence-electron chi connectivity index (χ1n) is 8.16. The lowest BCUT2D eigenvalue weighted by molar-refractivity contribution is 0.102. The largest absolute Gasteiger partial charge is 0.322 e. The molecule has 1 aliphatic heterocycles. The van der Waals surface area contributed by atoms with Gasteiger partial charge in [0.1, 0.15) is 0 Å². The Labute approximate surface area is 163 Å². The molecule has 1 N–H and O–H groups in total. The van der Waals surface area contributed by atoms with E-state index >= 15 is 0 Å². The fourth-order valence-corrected chi connectivity index (χ4v) is 4.93. The van der Waals surface area contributed by atoms with Gasteiger partial charge in [-0.25, -0.2) is 8.42 Å². The summed E-state index contributed by atoms with van der Waals surface area (Å²) in [5, 5.41) is 3.42. The molecular formula is C18H18Cl2N2O3S. The maximum atomic E-state index is 12.8. The molecule has 26 heavy (non-hydrogen) atoms. The topological polar surface area (TPSA) is 66.5 Å².